The van der Waals surface area contributed by atoms with E-state index in [1.807, 2.05) is 42.5 Å². The van der Waals surface area contributed by atoms with Gasteiger partial charge in [-0.05, 0) is 54.8 Å². The summed E-state index contributed by atoms with van der Waals surface area (Å²) < 4.78 is 1.56. The highest BCUT2D eigenvalue weighted by atomic mass is 35.5. The minimum atomic E-state index is -1.18. The van der Waals surface area contributed by atoms with Crippen LogP contribution in [0.4, 0.5) is 0 Å². The summed E-state index contributed by atoms with van der Waals surface area (Å²) in [6.45, 7) is 1.75. The number of H-pyrrole nitrogens is 1. The summed E-state index contributed by atoms with van der Waals surface area (Å²) >= 11 is 18.7. The number of para-hydroxylation sites is 1. The number of fused-ring (bicyclic) bond motifs is 1. The van der Waals surface area contributed by atoms with Crippen LogP contribution in [0.15, 0.2) is 72.8 Å². The Hall–Kier alpha value is -3.78. The number of nitrogens with zero attached hydrogens (tertiary/aromatic N) is 2. The number of hydrogen-bond donors (Lipinski definition) is 3. The Balaban J connectivity index is 1.52. The molecular formula is C28H21Cl3N4O3. The Morgan fingerprint density at radius 1 is 1.00 bits per heavy atom. The Labute approximate surface area is 233 Å². The van der Waals surface area contributed by atoms with Gasteiger partial charge in [0.2, 0.25) is 0 Å². The molecule has 38 heavy (non-hydrogen) atoms. The molecule has 7 nitrogen and oxygen atoms in total. The number of carbonyl (C=O) groups excluding carboxylic acids is 1. The lowest BCUT2D eigenvalue weighted by Crippen LogP contribution is -2.42. The predicted molar refractivity (Wildman–Crippen MR) is 150 cm³/mol. The third-order valence-electron chi connectivity index (χ3n) is 6.21. The van der Waals surface area contributed by atoms with Gasteiger partial charge in [-0.2, -0.15) is 5.10 Å². The van der Waals surface area contributed by atoms with E-state index in [1.165, 1.54) is 0 Å². The predicted octanol–water partition coefficient (Wildman–Crippen LogP) is 6.71. The first-order valence-electron chi connectivity index (χ1n) is 11.6. The average molecular weight is 568 g/mol. The van der Waals surface area contributed by atoms with Crippen LogP contribution in [-0.4, -0.2) is 37.8 Å². The molecular weight excluding hydrogens is 547 g/mol. The smallest absolute Gasteiger partial charge is 0.326 e. The zero-order valence-electron chi connectivity index (χ0n) is 20.0. The van der Waals surface area contributed by atoms with Gasteiger partial charge in [-0.25, -0.2) is 9.48 Å². The van der Waals surface area contributed by atoms with Crippen LogP contribution < -0.4 is 5.32 Å². The van der Waals surface area contributed by atoms with E-state index in [2.05, 4.69) is 15.4 Å². The van der Waals surface area contributed by atoms with E-state index in [0.29, 0.717) is 37.7 Å². The summed E-state index contributed by atoms with van der Waals surface area (Å²) in [5.74, 6) is -1.78. The monoisotopic (exact) mass is 566 g/mol. The van der Waals surface area contributed by atoms with Gasteiger partial charge in [-0.1, -0.05) is 65.1 Å². The second-order valence-electron chi connectivity index (χ2n) is 8.79. The number of carbonyl (C=O) groups is 2. The molecule has 0 saturated carbocycles. The van der Waals surface area contributed by atoms with Crippen molar-refractivity contribution in [2.45, 2.75) is 19.4 Å². The largest absolute Gasteiger partial charge is 0.480 e. The number of carboxylic acids is 1. The summed E-state index contributed by atoms with van der Waals surface area (Å²) in [5.41, 5.74) is 4.07. The van der Waals surface area contributed by atoms with E-state index in [1.54, 1.807) is 41.9 Å². The average Bonchev–Trinajstić information content (AvgIpc) is 3.44. The lowest BCUT2D eigenvalue weighted by Gasteiger charge is -2.13. The standard InChI is InChI=1S/C28H21Cl3N4O3/c1-15-25(27(36)33-23(28(37)38)14-20-12-17-4-2-3-5-22(17)32-20)34-35(24-11-10-19(30)13-21(24)31)26(15)16-6-8-18(29)9-7-16/h2-13,23,32H,14H2,1H3,(H,33,36)(H,37,38)/t23-/m0/s1. The third-order valence-corrected chi connectivity index (χ3v) is 7.00. The van der Waals surface area contributed by atoms with Crippen molar-refractivity contribution in [3.8, 4) is 16.9 Å². The molecule has 10 heteroatoms. The number of amides is 1. The van der Waals surface area contributed by atoms with Crippen LogP contribution in [0, 0.1) is 6.92 Å². The summed E-state index contributed by atoms with van der Waals surface area (Å²) in [5, 5.41) is 19.4. The molecule has 0 unspecified atom stereocenters. The number of aromatic amines is 1. The first-order chi connectivity index (χ1) is 18.2. The summed E-state index contributed by atoms with van der Waals surface area (Å²) in [6, 6.07) is 20.4. The first-order valence-corrected chi connectivity index (χ1v) is 12.8. The lowest BCUT2D eigenvalue weighted by molar-refractivity contribution is -0.139. The third kappa shape index (κ3) is 5.13. The second-order valence-corrected chi connectivity index (χ2v) is 10.1. The van der Waals surface area contributed by atoms with Crippen molar-refractivity contribution in [1.29, 1.82) is 0 Å². The molecule has 2 aromatic heterocycles. The molecule has 192 valence electrons. The molecule has 5 rings (SSSR count). The number of benzene rings is 3. The van der Waals surface area contributed by atoms with E-state index in [-0.39, 0.29) is 12.1 Å². The molecule has 3 N–H and O–H groups in total. The van der Waals surface area contributed by atoms with Crippen LogP contribution in [0.5, 0.6) is 0 Å². The van der Waals surface area contributed by atoms with Crippen molar-refractivity contribution < 1.29 is 14.7 Å². The van der Waals surface area contributed by atoms with Crippen molar-refractivity contribution >= 4 is 57.6 Å². The number of rotatable bonds is 7. The van der Waals surface area contributed by atoms with Gasteiger partial charge in [0.1, 0.15) is 6.04 Å². The normalized spacial score (nSPS) is 12.0. The highest BCUT2D eigenvalue weighted by molar-refractivity contribution is 6.35. The van der Waals surface area contributed by atoms with E-state index in [9.17, 15) is 14.7 Å². The quantitative estimate of drug-likeness (QED) is 0.203. The fourth-order valence-corrected chi connectivity index (χ4v) is 4.99. The van der Waals surface area contributed by atoms with E-state index in [0.717, 1.165) is 16.5 Å². The van der Waals surface area contributed by atoms with E-state index in [4.69, 9.17) is 34.8 Å². The number of carboxylic acid groups (broad SMARTS) is 1. The molecule has 0 bridgehead atoms. The number of aliphatic carboxylic acids is 1. The molecule has 0 saturated heterocycles. The van der Waals surface area contributed by atoms with E-state index < -0.39 is 17.9 Å². The van der Waals surface area contributed by atoms with Gasteiger partial charge in [-0.15, -0.1) is 0 Å². The van der Waals surface area contributed by atoms with Crippen LogP contribution >= 0.6 is 34.8 Å². The second kappa shape index (κ2) is 10.5. The maximum atomic E-state index is 13.4. The number of halogens is 3. The zero-order valence-corrected chi connectivity index (χ0v) is 22.3. The highest BCUT2D eigenvalue weighted by Crippen LogP contribution is 2.33. The molecule has 0 fully saturated rings. The Morgan fingerprint density at radius 2 is 1.71 bits per heavy atom. The van der Waals surface area contributed by atoms with Gasteiger partial charge in [0.05, 0.1) is 16.4 Å². The molecule has 2 heterocycles. The molecule has 5 aromatic rings. The number of nitrogens with one attached hydrogen (secondary N) is 2. The van der Waals surface area contributed by atoms with Crippen LogP contribution in [0.25, 0.3) is 27.8 Å². The molecule has 1 amide bonds. The Bertz CT molecular complexity index is 1640. The zero-order chi connectivity index (χ0) is 27.0. The molecule has 3 aromatic carbocycles. The van der Waals surface area contributed by atoms with Gasteiger partial charge in [0, 0.05) is 38.8 Å². The van der Waals surface area contributed by atoms with Gasteiger partial charge < -0.3 is 15.4 Å². The number of aromatic nitrogens is 3. The highest BCUT2D eigenvalue weighted by Gasteiger charge is 2.27. The summed E-state index contributed by atoms with van der Waals surface area (Å²) in [4.78, 5) is 28.7. The van der Waals surface area contributed by atoms with Gasteiger partial charge in [0.25, 0.3) is 5.91 Å². The minimum Gasteiger partial charge on any atom is -0.480 e. The minimum absolute atomic E-state index is 0.0720. The molecule has 0 spiro atoms. The van der Waals surface area contributed by atoms with Crippen molar-refractivity contribution in [2.75, 3.05) is 0 Å². The van der Waals surface area contributed by atoms with Crippen LogP contribution in [0.3, 0.4) is 0 Å². The Kier molecular flexibility index (Phi) is 7.17. The van der Waals surface area contributed by atoms with Crippen molar-refractivity contribution in [3.05, 3.63) is 105 Å². The van der Waals surface area contributed by atoms with Gasteiger partial charge >= 0.3 is 5.97 Å². The number of hydrogen-bond acceptors (Lipinski definition) is 3. The molecule has 0 aliphatic rings. The lowest BCUT2D eigenvalue weighted by atomic mass is 10.1. The molecule has 0 aliphatic heterocycles. The van der Waals surface area contributed by atoms with Crippen molar-refractivity contribution in [2.24, 2.45) is 0 Å². The maximum absolute atomic E-state index is 13.4. The van der Waals surface area contributed by atoms with Crippen LogP contribution in [0.2, 0.25) is 15.1 Å². The fraction of sp³-hybridized carbons (Fsp3) is 0.107. The van der Waals surface area contributed by atoms with Crippen molar-refractivity contribution in [1.82, 2.24) is 20.1 Å². The maximum Gasteiger partial charge on any atom is 0.326 e. The Morgan fingerprint density at radius 3 is 2.39 bits per heavy atom. The molecule has 0 aliphatic carbocycles. The topological polar surface area (TPSA) is 100 Å². The first kappa shape index (κ1) is 25.9. The molecule has 1 atom stereocenters. The van der Waals surface area contributed by atoms with Crippen LogP contribution in [0.1, 0.15) is 21.7 Å². The van der Waals surface area contributed by atoms with Crippen LogP contribution in [-0.2, 0) is 11.2 Å². The van der Waals surface area contributed by atoms with Gasteiger partial charge in [-0.3, -0.25) is 4.79 Å². The van der Waals surface area contributed by atoms with Crippen molar-refractivity contribution in [3.63, 3.8) is 0 Å². The summed E-state index contributed by atoms with van der Waals surface area (Å²) in [6.07, 6.45) is 0.0720. The van der Waals surface area contributed by atoms with E-state index >= 15 is 0 Å². The fourth-order valence-electron chi connectivity index (χ4n) is 4.38. The SMILES string of the molecule is Cc1c(C(=O)N[C@@H](Cc2cc3ccccc3[nH]2)C(=O)O)nn(-c2ccc(Cl)cc2Cl)c1-c1ccc(Cl)cc1. The molecule has 0 radical (unpaired) electrons. The van der Waals surface area contributed by atoms with Gasteiger partial charge in [0.15, 0.2) is 5.69 Å². The summed E-state index contributed by atoms with van der Waals surface area (Å²) in [7, 11) is 0.